The van der Waals surface area contributed by atoms with E-state index < -0.39 is 23.9 Å². The predicted octanol–water partition coefficient (Wildman–Crippen LogP) is 3.34. The molecule has 9 nitrogen and oxygen atoms in total. The summed E-state index contributed by atoms with van der Waals surface area (Å²) in [5, 5.41) is 8.70. The summed E-state index contributed by atoms with van der Waals surface area (Å²) >= 11 is 8.40. The molecule has 0 unspecified atom stereocenters. The molecule has 1 heterocycles. The summed E-state index contributed by atoms with van der Waals surface area (Å²) in [7, 11) is 0. The number of benzene rings is 1. The number of unbranched alkanes of at least 4 members (excludes halogenated alkanes) is 2. The van der Waals surface area contributed by atoms with Crippen LogP contribution in [0.3, 0.4) is 0 Å². The maximum Gasteiger partial charge on any atom is 0.253 e. The number of anilines is 1. The zero-order chi connectivity index (χ0) is 26.8. The second-order valence-electron chi connectivity index (χ2n) is 8.92. The molecule has 0 radical (unpaired) electrons. The molecule has 0 spiro atoms. The Morgan fingerprint density at radius 1 is 0.972 bits per heavy atom. The SMILES string of the molecule is CC(C)[C@H](NC(=O)CCCCCN1C(=O)C=CC1=O)C(=O)N[C@@H](C)C(=O)Nc1ccc(CI)c(Cl)c1. The molecule has 11 heteroatoms. The van der Waals surface area contributed by atoms with Crippen LogP contribution in [0.25, 0.3) is 0 Å². The fourth-order valence-electron chi connectivity index (χ4n) is 3.52. The molecule has 0 saturated carbocycles. The number of carbonyl (C=O) groups excluding carboxylic acids is 5. The average Bonchev–Trinajstić information content (AvgIpc) is 3.14. The van der Waals surface area contributed by atoms with E-state index in [1.807, 2.05) is 19.9 Å². The molecule has 1 aliphatic heterocycles. The molecule has 2 rings (SSSR count). The van der Waals surface area contributed by atoms with Crippen molar-refractivity contribution in [3.63, 3.8) is 0 Å². The molecule has 0 bridgehead atoms. The minimum Gasteiger partial charge on any atom is -0.344 e. The molecular formula is C25H32ClIN4O5. The largest absolute Gasteiger partial charge is 0.344 e. The normalized spacial score (nSPS) is 14.7. The van der Waals surface area contributed by atoms with Crippen molar-refractivity contribution in [2.75, 3.05) is 11.9 Å². The summed E-state index contributed by atoms with van der Waals surface area (Å²) < 4.78 is 0.748. The zero-order valence-electron chi connectivity index (χ0n) is 20.6. The van der Waals surface area contributed by atoms with Gasteiger partial charge in [0.25, 0.3) is 11.8 Å². The predicted molar refractivity (Wildman–Crippen MR) is 147 cm³/mol. The van der Waals surface area contributed by atoms with Gasteiger partial charge in [-0.15, -0.1) is 0 Å². The Balaban J connectivity index is 1.78. The number of hydrogen-bond acceptors (Lipinski definition) is 5. The monoisotopic (exact) mass is 630 g/mol. The van der Waals surface area contributed by atoms with Gasteiger partial charge in [0.05, 0.1) is 0 Å². The highest BCUT2D eigenvalue weighted by atomic mass is 127. The third-order valence-corrected chi connectivity index (χ3v) is 6.84. The van der Waals surface area contributed by atoms with Gasteiger partial charge in [-0.05, 0) is 43.4 Å². The van der Waals surface area contributed by atoms with Gasteiger partial charge in [0, 0.05) is 40.3 Å². The average molecular weight is 631 g/mol. The van der Waals surface area contributed by atoms with Crippen molar-refractivity contribution in [1.29, 1.82) is 0 Å². The quantitative estimate of drug-likeness (QED) is 0.134. The van der Waals surface area contributed by atoms with Gasteiger partial charge in [-0.25, -0.2) is 0 Å². The summed E-state index contributed by atoms with van der Waals surface area (Å²) in [6.45, 7) is 5.50. The number of nitrogens with one attached hydrogen (secondary N) is 3. The lowest BCUT2D eigenvalue weighted by Crippen LogP contribution is -2.53. The van der Waals surface area contributed by atoms with Gasteiger partial charge in [-0.1, -0.05) is 60.5 Å². The van der Waals surface area contributed by atoms with E-state index in [9.17, 15) is 24.0 Å². The van der Waals surface area contributed by atoms with Crippen LogP contribution in [0, 0.1) is 5.92 Å². The van der Waals surface area contributed by atoms with Crippen LogP contribution < -0.4 is 16.0 Å². The first kappa shape index (κ1) is 29.8. The van der Waals surface area contributed by atoms with Crippen molar-refractivity contribution in [1.82, 2.24) is 15.5 Å². The highest BCUT2D eigenvalue weighted by Gasteiger charge is 2.27. The van der Waals surface area contributed by atoms with Gasteiger partial charge in [0.1, 0.15) is 12.1 Å². The fourth-order valence-corrected chi connectivity index (χ4v) is 4.65. The lowest BCUT2D eigenvalue weighted by Gasteiger charge is -2.24. The van der Waals surface area contributed by atoms with E-state index in [0.717, 1.165) is 9.99 Å². The van der Waals surface area contributed by atoms with E-state index >= 15 is 0 Å². The van der Waals surface area contributed by atoms with E-state index in [2.05, 4.69) is 38.5 Å². The molecule has 0 saturated heterocycles. The molecule has 3 N–H and O–H groups in total. The van der Waals surface area contributed by atoms with Crippen molar-refractivity contribution < 1.29 is 24.0 Å². The van der Waals surface area contributed by atoms with Crippen molar-refractivity contribution in [2.45, 2.75) is 63.0 Å². The summed E-state index contributed by atoms with van der Waals surface area (Å²) in [6.07, 6.45) is 4.51. The third-order valence-electron chi connectivity index (χ3n) is 5.67. The molecule has 0 fully saturated rings. The zero-order valence-corrected chi connectivity index (χ0v) is 23.5. The number of carbonyl (C=O) groups is 5. The van der Waals surface area contributed by atoms with E-state index in [1.165, 1.54) is 17.1 Å². The molecule has 1 aliphatic rings. The van der Waals surface area contributed by atoms with Gasteiger partial charge in [-0.2, -0.15) is 0 Å². The minimum atomic E-state index is -0.829. The number of hydrogen-bond donors (Lipinski definition) is 3. The molecule has 0 aromatic heterocycles. The van der Waals surface area contributed by atoms with Crippen molar-refractivity contribution in [3.8, 4) is 0 Å². The molecular weight excluding hydrogens is 599 g/mol. The molecule has 0 aliphatic carbocycles. The first-order valence-corrected chi connectivity index (χ1v) is 13.7. The van der Waals surface area contributed by atoms with Crippen molar-refractivity contribution in [3.05, 3.63) is 40.9 Å². The lowest BCUT2D eigenvalue weighted by atomic mass is 10.0. The Bertz CT molecular complexity index is 1010. The van der Waals surface area contributed by atoms with Crippen LogP contribution in [0.1, 0.15) is 52.0 Å². The van der Waals surface area contributed by atoms with E-state index in [0.29, 0.717) is 36.5 Å². The van der Waals surface area contributed by atoms with Gasteiger partial charge < -0.3 is 16.0 Å². The van der Waals surface area contributed by atoms with Gasteiger partial charge in [-0.3, -0.25) is 28.9 Å². The summed E-state index contributed by atoms with van der Waals surface area (Å²) in [5.74, 6) is -1.95. The molecule has 2 atom stereocenters. The summed E-state index contributed by atoms with van der Waals surface area (Å²) in [5.41, 5.74) is 1.49. The van der Waals surface area contributed by atoms with Crippen molar-refractivity contribution >= 4 is 69.4 Å². The highest BCUT2D eigenvalue weighted by molar-refractivity contribution is 14.1. The minimum absolute atomic E-state index is 0.191. The summed E-state index contributed by atoms with van der Waals surface area (Å²) in [6, 6.07) is 3.62. The van der Waals surface area contributed by atoms with Crippen LogP contribution in [0.2, 0.25) is 5.02 Å². The first-order chi connectivity index (χ1) is 17.0. The van der Waals surface area contributed by atoms with Crippen LogP contribution in [-0.4, -0.2) is 53.1 Å². The van der Waals surface area contributed by atoms with E-state index in [1.54, 1.807) is 19.1 Å². The standard InChI is InChI=1S/C25H32ClIN4O5/c1-15(2)23(30-20(32)7-5-4-6-12-31-21(33)10-11-22(31)34)25(36)28-16(3)24(35)29-18-9-8-17(14-27)19(26)13-18/h8-11,13,15-16,23H,4-7,12,14H2,1-3H3,(H,28,36)(H,29,35)(H,30,32)/t16-,23-/m0/s1. The maximum absolute atomic E-state index is 12.8. The lowest BCUT2D eigenvalue weighted by molar-refractivity contribution is -0.137. The Morgan fingerprint density at radius 2 is 1.64 bits per heavy atom. The number of alkyl halides is 1. The van der Waals surface area contributed by atoms with Gasteiger partial charge >= 0.3 is 0 Å². The van der Waals surface area contributed by atoms with Crippen LogP contribution in [0.15, 0.2) is 30.4 Å². The summed E-state index contributed by atoms with van der Waals surface area (Å²) in [4.78, 5) is 62.0. The molecule has 196 valence electrons. The third kappa shape index (κ3) is 8.88. The van der Waals surface area contributed by atoms with Crippen molar-refractivity contribution in [2.24, 2.45) is 5.92 Å². The number of imide groups is 1. The van der Waals surface area contributed by atoms with Gasteiger partial charge in [0.15, 0.2) is 0 Å². The molecule has 1 aromatic carbocycles. The van der Waals surface area contributed by atoms with Gasteiger partial charge in [0.2, 0.25) is 17.7 Å². The smallest absolute Gasteiger partial charge is 0.253 e. The number of nitrogens with zero attached hydrogens (tertiary/aromatic N) is 1. The highest BCUT2D eigenvalue weighted by Crippen LogP contribution is 2.23. The number of rotatable bonds is 13. The molecule has 1 aromatic rings. The number of amides is 5. The molecule has 36 heavy (non-hydrogen) atoms. The Morgan fingerprint density at radius 3 is 2.22 bits per heavy atom. The van der Waals surface area contributed by atoms with E-state index in [-0.39, 0.29) is 30.1 Å². The van der Waals surface area contributed by atoms with E-state index in [4.69, 9.17) is 11.6 Å². The van der Waals surface area contributed by atoms with Crippen LogP contribution in [-0.2, 0) is 28.4 Å². The Hall–Kier alpha value is -2.47. The van der Waals surface area contributed by atoms with Crippen LogP contribution in [0.5, 0.6) is 0 Å². The molecule has 5 amide bonds. The second-order valence-corrected chi connectivity index (χ2v) is 10.1. The second kappa shape index (κ2) is 14.3. The number of halogens is 2. The van der Waals surface area contributed by atoms with Crippen LogP contribution in [0.4, 0.5) is 5.69 Å². The fraction of sp³-hybridized carbons (Fsp3) is 0.480. The Labute approximate surface area is 229 Å². The first-order valence-electron chi connectivity index (χ1n) is 11.8. The maximum atomic E-state index is 12.8. The van der Waals surface area contributed by atoms with Crippen LogP contribution >= 0.6 is 34.2 Å². The topological polar surface area (TPSA) is 125 Å². The Kier molecular flexibility index (Phi) is 11.8.